The van der Waals surface area contributed by atoms with Crippen LogP contribution in [0.25, 0.3) is 0 Å². The quantitative estimate of drug-likeness (QED) is 0.911. The van der Waals surface area contributed by atoms with E-state index < -0.39 is 0 Å². The molecule has 24 heavy (non-hydrogen) atoms. The number of likely N-dealkylation sites (tertiary alicyclic amines) is 1. The summed E-state index contributed by atoms with van der Waals surface area (Å²) >= 11 is 0. The summed E-state index contributed by atoms with van der Waals surface area (Å²) in [5, 5.41) is 2.69. The van der Waals surface area contributed by atoms with Crippen LogP contribution in [0.1, 0.15) is 42.5 Å². The van der Waals surface area contributed by atoms with Gasteiger partial charge in [-0.25, -0.2) is 0 Å². The predicted octanol–water partition coefficient (Wildman–Crippen LogP) is 1.56. The number of benzene rings is 1. The van der Waals surface area contributed by atoms with E-state index in [1.165, 1.54) is 0 Å². The minimum atomic E-state index is -0.283. The van der Waals surface area contributed by atoms with Crippen LogP contribution in [-0.2, 0) is 9.59 Å². The summed E-state index contributed by atoms with van der Waals surface area (Å²) in [7, 11) is 0. The molecule has 1 aromatic carbocycles. The van der Waals surface area contributed by atoms with Crippen LogP contribution in [0, 0.1) is 0 Å². The van der Waals surface area contributed by atoms with Gasteiger partial charge in [0.15, 0.2) is 0 Å². The van der Waals surface area contributed by atoms with Gasteiger partial charge in [-0.05, 0) is 43.9 Å². The number of hydrogen-bond donors (Lipinski definition) is 1. The van der Waals surface area contributed by atoms with Gasteiger partial charge in [0.1, 0.15) is 0 Å². The monoisotopic (exact) mass is 329 g/mol. The average molecular weight is 329 g/mol. The van der Waals surface area contributed by atoms with Crippen molar-refractivity contribution in [3.8, 4) is 0 Å². The van der Waals surface area contributed by atoms with Gasteiger partial charge in [0.25, 0.3) is 5.91 Å². The van der Waals surface area contributed by atoms with Crippen molar-refractivity contribution in [2.45, 2.75) is 32.1 Å². The standard InChI is InChI=1S/C18H23N3O3/c22-16-8-5-11-21(16)15-7-4-6-14(12-15)18(24)19-13-17(23)20-9-2-1-3-10-20/h4,6-7,12H,1-3,5,8-11,13H2,(H,19,24). The van der Waals surface area contributed by atoms with Gasteiger partial charge >= 0.3 is 0 Å². The smallest absolute Gasteiger partial charge is 0.251 e. The summed E-state index contributed by atoms with van der Waals surface area (Å²) in [5.41, 5.74) is 1.21. The molecule has 0 atom stereocenters. The maximum atomic E-state index is 12.3. The second-order valence-electron chi connectivity index (χ2n) is 6.32. The average Bonchev–Trinajstić information content (AvgIpc) is 3.06. The van der Waals surface area contributed by atoms with Gasteiger partial charge in [-0.1, -0.05) is 6.07 Å². The molecule has 0 spiro atoms. The first-order valence-corrected chi connectivity index (χ1v) is 8.61. The number of hydrogen-bond acceptors (Lipinski definition) is 3. The highest BCUT2D eigenvalue weighted by atomic mass is 16.2. The molecule has 0 aromatic heterocycles. The minimum Gasteiger partial charge on any atom is -0.343 e. The van der Waals surface area contributed by atoms with Crippen molar-refractivity contribution < 1.29 is 14.4 Å². The fourth-order valence-corrected chi connectivity index (χ4v) is 3.25. The number of anilines is 1. The van der Waals surface area contributed by atoms with E-state index in [1.807, 2.05) is 11.0 Å². The molecule has 128 valence electrons. The van der Waals surface area contributed by atoms with E-state index in [0.717, 1.165) is 44.5 Å². The molecule has 1 aromatic rings. The first-order chi connectivity index (χ1) is 11.6. The molecule has 0 saturated carbocycles. The lowest BCUT2D eigenvalue weighted by molar-refractivity contribution is -0.131. The van der Waals surface area contributed by atoms with Crippen LogP contribution >= 0.6 is 0 Å². The summed E-state index contributed by atoms with van der Waals surface area (Å²) in [6.45, 7) is 2.27. The molecule has 0 bridgehead atoms. The van der Waals surface area contributed by atoms with E-state index in [1.54, 1.807) is 23.1 Å². The molecule has 1 N–H and O–H groups in total. The number of carbonyl (C=O) groups is 3. The Labute approximate surface area is 141 Å². The van der Waals surface area contributed by atoms with E-state index in [-0.39, 0.29) is 24.3 Å². The molecule has 2 fully saturated rings. The predicted molar refractivity (Wildman–Crippen MR) is 90.8 cm³/mol. The van der Waals surface area contributed by atoms with Crippen molar-refractivity contribution in [3.63, 3.8) is 0 Å². The van der Waals surface area contributed by atoms with Crippen molar-refractivity contribution in [1.29, 1.82) is 0 Å². The van der Waals surface area contributed by atoms with Gasteiger partial charge in [0, 0.05) is 37.3 Å². The van der Waals surface area contributed by atoms with Crippen LogP contribution in [0.15, 0.2) is 24.3 Å². The molecule has 2 aliphatic heterocycles. The van der Waals surface area contributed by atoms with Gasteiger partial charge in [-0.2, -0.15) is 0 Å². The van der Waals surface area contributed by atoms with E-state index in [2.05, 4.69) is 5.32 Å². The van der Waals surface area contributed by atoms with Crippen LogP contribution in [0.5, 0.6) is 0 Å². The topological polar surface area (TPSA) is 69.7 Å². The molecule has 3 amide bonds. The van der Waals surface area contributed by atoms with E-state index >= 15 is 0 Å². The third-order valence-electron chi connectivity index (χ3n) is 4.60. The van der Waals surface area contributed by atoms with E-state index in [0.29, 0.717) is 18.5 Å². The van der Waals surface area contributed by atoms with Crippen LogP contribution in [0.4, 0.5) is 5.69 Å². The lowest BCUT2D eigenvalue weighted by Gasteiger charge is -2.26. The fraction of sp³-hybridized carbons (Fsp3) is 0.500. The summed E-state index contributed by atoms with van der Waals surface area (Å²) in [5.74, 6) is -0.226. The third kappa shape index (κ3) is 3.75. The van der Waals surface area contributed by atoms with Gasteiger partial charge in [-0.3, -0.25) is 14.4 Å². The number of nitrogens with zero attached hydrogens (tertiary/aromatic N) is 2. The van der Waals surface area contributed by atoms with Gasteiger partial charge in [0.05, 0.1) is 6.54 Å². The van der Waals surface area contributed by atoms with Gasteiger partial charge in [0.2, 0.25) is 11.8 Å². The molecule has 6 nitrogen and oxygen atoms in total. The molecule has 3 rings (SSSR count). The zero-order valence-electron chi connectivity index (χ0n) is 13.8. The zero-order chi connectivity index (χ0) is 16.9. The van der Waals surface area contributed by atoms with Crippen molar-refractivity contribution in [1.82, 2.24) is 10.2 Å². The molecular weight excluding hydrogens is 306 g/mol. The van der Waals surface area contributed by atoms with E-state index in [9.17, 15) is 14.4 Å². The largest absolute Gasteiger partial charge is 0.343 e. The van der Waals surface area contributed by atoms with Crippen LogP contribution in [0.3, 0.4) is 0 Å². The number of carbonyl (C=O) groups excluding carboxylic acids is 3. The highest BCUT2D eigenvalue weighted by molar-refractivity contribution is 6.00. The molecule has 2 aliphatic rings. The Balaban J connectivity index is 1.58. The lowest BCUT2D eigenvalue weighted by atomic mass is 10.1. The highest BCUT2D eigenvalue weighted by Crippen LogP contribution is 2.22. The lowest BCUT2D eigenvalue weighted by Crippen LogP contribution is -2.42. The van der Waals surface area contributed by atoms with Crippen molar-refractivity contribution >= 4 is 23.4 Å². The van der Waals surface area contributed by atoms with Gasteiger partial charge in [-0.15, -0.1) is 0 Å². The molecule has 0 radical (unpaired) electrons. The Bertz CT molecular complexity index is 638. The Morgan fingerprint density at radius 3 is 2.54 bits per heavy atom. The molecule has 0 unspecified atom stereocenters. The molecular formula is C18H23N3O3. The SMILES string of the molecule is O=C(NCC(=O)N1CCCCC1)c1cccc(N2CCCC2=O)c1. The highest BCUT2D eigenvalue weighted by Gasteiger charge is 2.22. The summed E-state index contributed by atoms with van der Waals surface area (Å²) in [6, 6.07) is 7.01. The minimum absolute atomic E-state index is 0.0195. The summed E-state index contributed by atoms with van der Waals surface area (Å²) in [4.78, 5) is 39.7. The first-order valence-electron chi connectivity index (χ1n) is 8.61. The van der Waals surface area contributed by atoms with Crippen molar-refractivity contribution in [2.24, 2.45) is 0 Å². The number of nitrogens with one attached hydrogen (secondary N) is 1. The maximum absolute atomic E-state index is 12.3. The second kappa shape index (κ2) is 7.47. The zero-order valence-corrected chi connectivity index (χ0v) is 13.8. The molecule has 2 heterocycles. The van der Waals surface area contributed by atoms with Crippen LogP contribution in [0.2, 0.25) is 0 Å². The second-order valence-corrected chi connectivity index (χ2v) is 6.32. The van der Waals surface area contributed by atoms with Crippen LogP contribution in [-0.4, -0.2) is 48.8 Å². The molecule has 6 heteroatoms. The Kier molecular flexibility index (Phi) is 5.13. The van der Waals surface area contributed by atoms with Gasteiger partial charge < -0.3 is 15.1 Å². The summed E-state index contributed by atoms with van der Waals surface area (Å²) in [6.07, 6.45) is 4.63. The third-order valence-corrected chi connectivity index (χ3v) is 4.60. The molecule has 0 aliphatic carbocycles. The fourth-order valence-electron chi connectivity index (χ4n) is 3.25. The van der Waals surface area contributed by atoms with Crippen molar-refractivity contribution in [2.75, 3.05) is 31.1 Å². The summed E-state index contributed by atoms with van der Waals surface area (Å²) < 4.78 is 0. The normalized spacial score (nSPS) is 17.9. The van der Waals surface area contributed by atoms with E-state index in [4.69, 9.17) is 0 Å². The van der Waals surface area contributed by atoms with Crippen molar-refractivity contribution in [3.05, 3.63) is 29.8 Å². The first kappa shape index (κ1) is 16.5. The molecule has 2 saturated heterocycles. The number of piperidine rings is 1. The maximum Gasteiger partial charge on any atom is 0.251 e. The van der Waals surface area contributed by atoms with Crippen LogP contribution < -0.4 is 10.2 Å². The Morgan fingerprint density at radius 2 is 1.83 bits per heavy atom. The Hall–Kier alpha value is -2.37. The number of rotatable bonds is 4. The Morgan fingerprint density at radius 1 is 1.04 bits per heavy atom. The number of amides is 3.